The molecule has 0 aliphatic rings. The van der Waals surface area contributed by atoms with Crippen LogP contribution in [0.3, 0.4) is 0 Å². The molecule has 0 saturated heterocycles. The first-order chi connectivity index (χ1) is 13.5. The third-order valence-corrected chi connectivity index (χ3v) is 5.45. The number of rotatable bonds is 8. The highest BCUT2D eigenvalue weighted by molar-refractivity contribution is 6.36. The average molecular weight is 421 g/mol. The van der Waals surface area contributed by atoms with E-state index in [4.69, 9.17) is 32.9 Å². The van der Waals surface area contributed by atoms with E-state index >= 15 is 0 Å². The van der Waals surface area contributed by atoms with Crippen LogP contribution in [0.2, 0.25) is 10.0 Å². The first-order valence-corrected chi connectivity index (χ1v) is 10.7. The lowest BCUT2D eigenvalue weighted by Crippen LogP contribution is -2.12. The van der Waals surface area contributed by atoms with E-state index in [9.17, 15) is 0 Å². The lowest BCUT2D eigenvalue weighted by Gasteiger charge is -2.19. The Morgan fingerprint density at radius 2 is 1.82 bits per heavy atom. The Kier molecular flexibility index (Phi) is 6.78. The topological polar surface area (TPSA) is 52.8 Å². The quantitative estimate of drug-likeness (QED) is 0.416. The summed E-state index contributed by atoms with van der Waals surface area (Å²) in [6.07, 6.45) is 3.71. The van der Waals surface area contributed by atoms with Crippen LogP contribution in [-0.4, -0.2) is 26.4 Å². The predicted molar refractivity (Wildman–Crippen MR) is 116 cm³/mol. The molecule has 0 aliphatic heterocycles. The van der Waals surface area contributed by atoms with E-state index < -0.39 is 0 Å². The summed E-state index contributed by atoms with van der Waals surface area (Å²) in [5.41, 5.74) is 3.09. The number of hydrogen-bond acceptors (Lipinski definition) is 4. The number of ether oxygens (including phenoxy) is 1. The van der Waals surface area contributed by atoms with Crippen LogP contribution >= 0.6 is 23.2 Å². The van der Waals surface area contributed by atoms with E-state index in [0.717, 1.165) is 48.1 Å². The number of halogens is 2. The maximum absolute atomic E-state index is 6.47. The number of aryl methyl sites for hydroxylation is 1. The molecule has 7 heteroatoms. The van der Waals surface area contributed by atoms with Crippen LogP contribution in [0.1, 0.15) is 58.8 Å². The van der Waals surface area contributed by atoms with E-state index in [1.807, 2.05) is 6.07 Å². The van der Waals surface area contributed by atoms with Gasteiger partial charge in [0.1, 0.15) is 22.6 Å². The number of hydrogen-bond donors (Lipinski definition) is 0. The third-order valence-electron chi connectivity index (χ3n) is 4.90. The smallest absolute Gasteiger partial charge is 0.260 e. The van der Waals surface area contributed by atoms with Crippen LogP contribution in [0.5, 0.6) is 5.88 Å². The number of benzene rings is 1. The van der Waals surface area contributed by atoms with Gasteiger partial charge >= 0.3 is 0 Å². The summed E-state index contributed by atoms with van der Waals surface area (Å²) >= 11 is 12.5. The number of imidazole rings is 1. The van der Waals surface area contributed by atoms with Crippen molar-refractivity contribution in [2.75, 3.05) is 6.61 Å². The van der Waals surface area contributed by atoms with Crippen molar-refractivity contribution >= 4 is 34.2 Å². The second-order valence-corrected chi connectivity index (χ2v) is 7.59. The standard InChI is InChI=1S/C21H26Cl2N4O/c1-5-11-28-21-20-19(24-17(8-4)27(20)14(6-2)7-3)18(25-26-21)15-10-9-13(22)12-16(15)23/h9-10,12,14H,5-8,11H2,1-4H3. The van der Waals surface area contributed by atoms with Crippen LogP contribution in [0, 0.1) is 0 Å². The van der Waals surface area contributed by atoms with Gasteiger partial charge in [0.05, 0.1) is 11.6 Å². The van der Waals surface area contributed by atoms with Crippen LogP contribution in [0.4, 0.5) is 0 Å². The van der Waals surface area contributed by atoms with Gasteiger partial charge in [-0.25, -0.2) is 4.98 Å². The lowest BCUT2D eigenvalue weighted by atomic mass is 10.1. The van der Waals surface area contributed by atoms with Gasteiger partial charge < -0.3 is 9.30 Å². The number of nitrogens with zero attached hydrogens (tertiary/aromatic N) is 4. The summed E-state index contributed by atoms with van der Waals surface area (Å²) in [7, 11) is 0. The van der Waals surface area contributed by atoms with E-state index in [1.165, 1.54) is 0 Å². The first kappa shape index (κ1) is 20.9. The molecule has 0 atom stereocenters. The maximum Gasteiger partial charge on any atom is 0.260 e. The van der Waals surface area contributed by atoms with Crippen molar-refractivity contribution < 1.29 is 4.74 Å². The Balaban J connectivity index is 2.33. The van der Waals surface area contributed by atoms with Gasteiger partial charge in [-0.05, 0) is 37.5 Å². The van der Waals surface area contributed by atoms with Crippen molar-refractivity contribution in [3.63, 3.8) is 0 Å². The van der Waals surface area contributed by atoms with Gasteiger partial charge in [-0.1, -0.05) is 50.9 Å². The molecule has 28 heavy (non-hydrogen) atoms. The summed E-state index contributed by atoms with van der Waals surface area (Å²) < 4.78 is 8.24. The largest absolute Gasteiger partial charge is 0.475 e. The van der Waals surface area contributed by atoms with Gasteiger partial charge in [0.15, 0.2) is 0 Å². The van der Waals surface area contributed by atoms with Gasteiger partial charge in [-0.3, -0.25) is 0 Å². The Labute approximate surface area is 176 Å². The van der Waals surface area contributed by atoms with Gasteiger partial charge in [-0.15, -0.1) is 10.2 Å². The molecule has 2 aromatic heterocycles. The molecule has 150 valence electrons. The number of aromatic nitrogens is 4. The third kappa shape index (κ3) is 3.83. The Bertz CT molecular complexity index is 967. The lowest BCUT2D eigenvalue weighted by molar-refractivity contribution is 0.303. The number of fused-ring (bicyclic) bond motifs is 1. The molecule has 3 aromatic rings. The van der Waals surface area contributed by atoms with Crippen LogP contribution < -0.4 is 4.74 Å². The minimum Gasteiger partial charge on any atom is -0.475 e. The molecule has 0 N–H and O–H groups in total. The molecular weight excluding hydrogens is 395 g/mol. The summed E-state index contributed by atoms with van der Waals surface area (Å²) in [5.74, 6) is 1.54. The highest BCUT2D eigenvalue weighted by Crippen LogP contribution is 2.38. The fraction of sp³-hybridized carbons (Fsp3) is 0.476. The van der Waals surface area contributed by atoms with E-state index in [1.54, 1.807) is 12.1 Å². The SMILES string of the molecule is CCCOc1nnc(-c2ccc(Cl)cc2Cl)c2nc(CC)n(C(CC)CC)c12. The molecule has 5 nitrogen and oxygen atoms in total. The minimum absolute atomic E-state index is 0.321. The fourth-order valence-electron chi connectivity index (χ4n) is 3.49. The van der Waals surface area contributed by atoms with Crippen LogP contribution in [0.15, 0.2) is 18.2 Å². The summed E-state index contributed by atoms with van der Waals surface area (Å²) in [6.45, 7) is 9.15. The van der Waals surface area contributed by atoms with Gasteiger partial charge in [0.25, 0.3) is 5.88 Å². The first-order valence-electron chi connectivity index (χ1n) is 9.91. The molecule has 3 rings (SSSR count). The van der Waals surface area contributed by atoms with E-state index in [-0.39, 0.29) is 0 Å². The van der Waals surface area contributed by atoms with Gasteiger partial charge in [0.2, 0.25) is 0 Å². The zero-order valence-corrected chi connectivity index (χ0v) is 18.3. The minimum atomic E-state index is 0.321. The second kappa shape index (κ2) is 9.10. The maximum atomic E-state index is 6.47. The van der Waals surface area contributed by atoms with Crippen molar-refractivity contribution in [2.24, 2.45) is 0 Å². The average Bonchev–Trinajstić information content (AvgIpc) is 3.07. The Hall–Kier alpha value is -1.85. The van der Waals surface area contributed by atoms with E-state index in [0.29, 0.717) is 34.3 Å². The summed E-state index contributed by atoms with van der Waals surface area (Å²) in [6, 6.07) is 5.70. The Morgan fingerprint density at radius 1 is 1.07 bits per heavy atom. The zero-order chi connectivity index (χ0) is 20.3. The molecule has 0 fully saturated rings. The van der Waals surface area contributed by atoms with Crippen molar-refractivity contribution in [1.29, 1.82) is 0 Å². The second-order valence-electron chi connectivity index (χ2n) is 6.75. The zero-order valence-electron chi connectivity index (χ0n) is 16.8. The highest BCUT2D eigenvalue weighted by Gasteiger charge is 2.24. The molecule has 0 unspecified atom stereocenters. The Morgan fingerprint density at radius 3 is 2.43 bits per heavy atom. The van der Waals surface area contributed by atoms with Gasteiger partial charge in [-0.2, -0.15) is 0 Å². The summed E-state index contributed by atoms with van der Waals surface area (Å²) in [4.78, 5) is 4.95. The molecular formula is C21H26Cl2N4O. The van der Waals surface area contributed by atoms with Crippen molar-refractivity contribution in [2.45, 2.75) is 59.4 Å². The van der Waals surface area contributed by atoms with Crippen LogP contribution in [0.25, 0.3) is 22.3 Å². The van der Waals surface area contributed by atoms with Crippen molar-refractivity contribution in [3.8, 4) is 17.1 Å². The van der Waals surface area contributed by atoms with Crippen LogP contribution in [-0.2, 0) is 6.42 Å². The fourth-order valence-corrected chi connectivity index (χ4v) is 3.99. The molecule has 2 heterocycles. The summed E-state index contributed by atoms with van der Waals surface area (Å²) in [5, 5.41) is 9.97. The monoisotopic (exact) mass is 420 g/mol. The van der Waals surface area contributed by atoms with Gasteiger partial charge in [0, 0.05) is 23.0 Å². The predicted octanol–water partition coefficient (Wildman–Crippen LogP) is 6.51. The molecule has 0 bridgehead atoms. The normalized spacial score (nSPS) is 11.5. The van der Waals surface area contributed by atoms with Crippen molar-refractivity contribution in [3.05, 3.63) is 34.1 Å². The van der Waals surface area contributed by atoms with Crippen molar-refractivity contribution in [1.82, 2.24) is 19.7 Å². The highest BCUT2D eigenvalue weighted by atomic mass is 35.5. The molecule has 0 aliphatic carbocycles. The van der Waals surface area contributed by atoms with E-state index in [2.05, 4.69) is 42.5 Å². The molecule has 0 radical (unpaired) electrons. The molecule has 0 spiro atoms. The molecule has 0 saturated carbocycles. The molecule has 1 aromatic carbocycles. The molecule has 0 amide bonds.